The number of fused-ring (bicyclic) bond motifs is 1. The quantitative estimate of drug-likeness (QED) is 0.545. The Hall–Kier alpha value is -1.58. The second kappa shape index (κ2) is 3.78. The van der Waals surface area contributed by atoms with Crippen molar-refractivity contribution in [1.82, 2.24) is 4.81 Å². The van der Waals surface area contributed by atoms with E-state index in [0.29, 0.717) is 17.0 Å². The Labute approximate surface area is 95.9 Å². The fraction of sp³-hybridized carbons (Fsp3) is 0.333. The first-order chi connectivity index (χ1) is 7.52. The van der Waals surface area contributed by atoms with Crippen LogP contribution in [0.25, 0.3) is 0 Å². The second-order valence-electron chi connectivity index (χ2n) is 4.61. The Kier molecular flexibility index (Phi) is 2.58. The molecule has 1 aliphatic heterocycles. The van der Waals surface area contributed by atoms with Gasteiger partial charge in [0.25, 0.3) is 0 Å². The molecular formula is C12H14BNO2. The second-order valence-corrected chi connectivity index (χ2v) is 4.61. The van der Waals surface area contributed by atoms with Crippen molar-refractivity contribution >= 4 is 19.8 Å². The summed E-state index contributed by atoms with van der Waals surface area (Å²) >= 11 is 0. The minimum Gasteiger partial charge on any atom is -0.328 e. The molecule has 1 aromatic carbocycles. The Balaban J connectivity index is 2.53. The lowest BCUT2D eigenvalue weighted by Gasteiger charge is -2.08. The minimum absolute atomic E-state index is 0.170. The number of rotatable bonds is 2. The molecule has 0 bridgehead atoms. The predicted molar refractivity (Wildman–Crippen MR) is 64.0 cm³/mol. The summed E-state index contributed by atoms with van der Waals surface area (Å²) in [6.07, 6.45) is 0.829. The summed E-state index contributed by atoms with van der Waals surface area (Å²) in [4.78, 5) is 24.9. The number of carbonyl (C=O) groups is 2. The zero-order chi connectivity index (χ0) is 11.9. The fourth-order valence-corrected chi connectivity index (χ4v) is 2.08. The van der Waals surface area contributed by atoms with E-state index < -0.39 is 0 Å². The van der Waals surface area contributed by atoms with Gasteiger partial charge in [-0.05, 0) is 24.0 Å². The van der Waals surface area contributed by atoms with Gasteiger partial charge in [0.1, 0.15) is 0 Å². The number of benzene rings is 1. The first-order valence-corrected chi connectivity index (χ1v) is 5.46. The van der Waals surface area contributed by atoms with Gasteiger partial charge in [0.15, 0.2) is 0 Å². The number of amides is 2. The van der Waals surface area contributed by atoms with Crippen molar-refractivity contribution < 1.29 is 9.59 Å². The minimum atomic E-state index is -0.189. The van der Waals surface area contributed by atoms with Crippen LogP contribution < -0.4 is 0 Å². The van der Waals surface area contributed by atoms with Gasteiger partial charge in [-0.2, -0.15) is 0 Å². The van der Waals surface area contributed by atoms with E-state index in [9.17, 15) is 9.59 Å². The van der Waals surface area contributed by atoms with E-state index in [0.717, 1.165) is 12.0 Å². The third-order valence-electron chi connectivity index (χ3n) is 2.83. The van der Waals surface area contributed by atoms with Gasteiger partial charge in [0.2, 0.25) is 19.8 Å². The fourth-order valence-electron chi connectivity index (χ4n) is 2.08. The average molecular weight is 215 g/mol. The van der Waals surface area contributed by atoms with Crippen LogP contribution in [0.5, 0.6) is 0 Å². The van der Waals surface area contributed by atoms with Crippen LogP contribution in [0.1, 0.15) is 40.1 Å². The van der Waals surface area contributed by atoms with E-state index in [4.69, 9.17) is 0 Å². The Morgan fingerprint density at radius 2 is 1.94 bits per heavy atom. The highest BCUT2D eigenvalue weighted by Gasteiger charge is 2.33. The molecule has 0 N–H and O–H groups in total. The molecule has 0 saturated heterocycles. The Morgan fingerprint density at radius 1 is 1.25 bits per heavy atom. The molecule has 2 rings (SSSR count). The predicted octanol–water partition coefficient (Wildman–Crippen LogP) is 1.03. The third kappa shape index (κ3) is 1.54. The maximum atomic E-state index is 11.9. The highest BCUT2D eigenvalue weighted by Crippen LogP contribution is 2.26. The van der Waals surface area contributed by atoms with E-state index >= 15 is 0 Å². The van der Waals surface area contributed by atoms with Crippen LogP contribution in [0.3, 0.4) is 0 Å². The van der Waals surface area contributed by atoms with Gasteiger partial charge < -0.3 is 4.81 Å². The standard InChI is InChI=1S/C12H14BNO2/c1-7(2)6-8-4-3-5-9-10(8)12(16)14(13)11(9)15/h3-5,7H,6,13H2,1-2H3. The summed E-state index contributed by atoms with van der Waals surface area (Å²) in [5.74, 6) is 0.113. The summed E-state index contributed by atoms with van der Waals surface area (Å²) in [7, 11) is 1.53. The van der Waals surface area contributed by atoms with Gasteiger partial charge in [-0.25, -0.2) is 0 Å². The summed E-state index contributed by atoms with van der Waals surface area (Å²) in [5.41, 5.74) is 2.13. The van der Waals surface area contributed by atoms with Crippen LogP contribution in [-0.4, -0.2) is 24.6 Å². The van der Waals surface area contributed by atoms with Gasteiger partial charge in [0, 0.05) is 0 Å². The first-order valence-electron chi connectivity index (χ1n) is 5.46. The highest BCUT2D eigenvalue weighted by molar-refractivity contribution is 6.36. The molecule has 0 aliphatic carbocycles. The molecule has 1 aromatic rings. The van der Waals surface area contributed by atoms with Crippen molar-refractivity contribution in [2.75, 3.05) is 0 Å². The summed E-state index contributed by atoms with van der Waals surface area (Å²) in [6, 6.07) is 5.51. The average Bonchev–Trinajstić information content (AvgIpc) is 2.44. The van der Waals surface area contributed by atoms with Crippen LogP contribution in [-0.2, 0) is 6.42 Å². The van der Waals surface area contributed by atoms with Crippen LogP contribution in [0.15, 0.2) is 18.2 Å². The van der Waals surface area contributed by atoms with Gasteiger partial charge in [-0.15, -0.1) is 0 Å². The lowest BCUT2D eigenvalue weighted by molar-refractivity contribution is 0.0766. The number of imide groups is 1. The van der Waals surface area contributed by atoms with Crippen molar-refractivity contribution in [3.05, 3.63) is 34.9 Å². The molecule has 0 fully saturated rings. The lowest BCUT2D eigenvalue weighted by Crippen LogP contribution is -2.26. The van der Waals surface area contributed by atoms with Gasteiger partial charge in [0.05, 0.1) is 11.1 Å². The molecular weight excluding hydrogens is 201 g/mol. The number of nitrogens with zero attached hydrogens (tertiary/aromatic N) is 1. The summed E-state index contributed by atoms with van der Waals surface area (Å²) in [5, 5.41) is 0. The zero-order valence-electron chi connectivity index (χ0n) is 9.78. The lowest BCUT2D eigenvalue weighted by atomic mass is 9.95. The number of hydrogen-bond acceptors (Lipinski definition) is 2. The molecule has 4 heteroatoms. The van der Waals surface area contributed by atoms with E-state index in [1.54, 1.807) is 6.07 Å². The van der Waals surface area contributed by atoms with E-state index in [1.807, 2.05) is 12.1 Å². The smallest absolute Gasteiger partial charge is 0.249 e. The zero-order valence-corrected chi connectivity index (χ0v) is 9.78. The van der Waals surface area contributed by atoms with Gasteiger partial charge >= 0.3 is 0 Å². The van der Waals surface area contributed by atoms with Crippen LogP contribution in [0.4, 0.5) is 0 Å². The molecule has 0 spiro atoms. The van der Waals surface area contributed by atoms with E-state index in [2.05, 4.69) is 13.8 Å². The van der Waals surface area contributed by atoms with Crippen LogP contribution in [0, 0.1) is 5.92 Å². The molecule has 0 atom stereocenters. The van der Waals surface area contributed by atoms with Crippen molar-refractivity contribution in [3.8, 4) is 0 Å². The van der Waals surface area contributed by atoms with Gasteiger partial charge in [-0.3, -0.25) is 9.59 Å². The Morgan fingerprint density at radius 3 is 2.56 bits per heavy atom. The molecule has 2 amide bonds. The molecule has 82 valence electrons. The largest absolute Gasteiger partial charge is 0.328 e. The Bertz CT molecular complexity index is 468. The van der Waals surface area contributed by atoms with Gasteiger partial charge in [-0.1, -0.05) is 26.0 Å². The van der Waals surface area contributed by atoms with Crippen LogP contribution in [0.2, 0.25) is 0 Å². The number of hydrogen-bond donors (Lipinski definition) is 0. The molecule has 3 nitrogen and oxygen atoms in total. The summed E-state index contributed by atoms with van der Waals surface area (Å²) < 4.78 is 0. The normalized spacial score (nSPS) is 14.8. The topological polar surface area (TPSA) is 37.4 Å². The van der Waals surface area contributed by atoms with Crippen molar-refractivity contribution in [1.29, 1.82) is 0 Å². The number of carbonyl (C=O) groups excluding carboxylic acids is 2. The third-order valence-corrected chi connectivity index (χ3v) is 2.83. The SMILES string of the molecule is BN1C(=O)c2cccc(CC(C)C)c2C1=O. The van der Waals surface area contributed by atoms with Crippen molar-refractivity contribution in [2.24, 2.45) is 5.92 Å². The molecule has 0 radical (unpaired) electrons. The molecule has 16 heavy (non-hydrogen) atoms. The highest BCUT2D eigenvalue weighted by atomic mass is 16.2. The monoisotopic (exact) mass is 215 g/mol. The van der Waals surface area contributed by atoms with E-state index in [-0.39, 0.29) is 11.8 Å². The molecule has 1 aliphatic rings. The molecule has 0 unspecified atom stereocenters. The summed E-state index contributed by atoms with van der Waals surface area (Å²) in [6.45, 7) is 4.20. The molecule has 1 heterocycles. The van der Waals surface area contributed by atoms with Crippen molar-refractivity contribution in [3.63, 3.8) is 0 Å². The maximum Gasteiger partial charge on any atom is 0.249 e. The first kappa shape index (κ1) is 10.9. The van der Waals surface area contributed by atoms with Crippen LogP contribution >= 0.6 is 0 Å². The molecule has 0 saturated carbocycles. The maximum absolute atomic E-state index is 11.9. The van der Waals surface area contributed by atoms with E-state index in [1.165, 1.54) is 12.8 Å². The molecule has 0 aromatic heterocycles. The van der Waals surface area contributed by atoms with Crippen molar-refractivity contribution in [2.45, 2.75) is 20.3 Å².